The number of para-hydroxylation sites is 1. The van der Waals surface area contributed by atoms with Crippen LogP contribution in [0.5, 0.6) is 5.75 Å². The quantitative estimate of drug-likeness (QED) is 0.591. The number of nitro groups is 1. The second-order valence-electron chi connectivity index (χ2n) is 3.86. The van der Waals surface area contributed by atoms with E-state index in [4.69, 9.17) is 10.5 Å². The largest absolute Gasteiger partial charge is 0.494 e. The van der Waals surface area contributed by atoms with Crippen LogP contribution in [0.2, 0.25) is 0 Å². The normalized spacial score (nSPS) is 10.2. The van der Waals surface area contributed by atoms with Crippen LogP contribution in [0, 0.1) is 10.1 Å². The van der Waals surface area contributed by atoms with Crippen LogP contribution in [0.25, 0.3) is 0 Å². The standard InChI is InChI=1S/C12H19N3O3/c1-3-8-14(9-7-13)12-10(15(16)17)5-4-6-11(12)18-2/h4-6H,3,7-9,13H2,1-2H3. The van der Waals surface area contributed by atoms with Crippen LogP contribution in [0.1, 0.15) is 13.3 Å². The van der Waals surface area contributed by atoms with Crippen molar-refractivity contribution in [3.63, 3.8) is 0 Å². The maximum atomic E-state index is 11.1. The third-order valence-corrected chi connectivity index (χ3v) is 2.60. The van der Waals surface area contributed by atoms with Gasteiger partial charge in [0.2, 0.25) is 0 Å². The first-order valence-electron chi connectivity index (χ1n) is 5.92. The Morgan fingerprint density at radius 1 is 1.44 bits per heavy atom. The summed E-state index contributed by atoms with van der Waals surface area (Å²) in [5, 5.41) is 11.1. The summed E-state index contributed by atoms with van der Waals surface area (Å²) in [6.45, 7) is 3.73. The van der Waals surface area contributed by atoms with Crippen molar-refractivity contribution in [2.75, 3.05) is 31.6 Å². The average molecular weight is 253 g/mol. The smallest absolute Gasteiger partial charge is 0.296 e. The fourth-order valence-electron chi connectivity index (χ4n) is 1.90. The zero-order valence-corrected chi connectivity index (χ0v) is 10.8. The summed E-state index contributed by atoms with van der Waals surface area (Å²) < 4.78 is 5.22. The van der Waals surface area contributed by atoms with E-state index in [0.29, 0.717) is 31.1 Å². The Bertz CT molecular complexity index is 404. The molecule has 2 N–H and O–H groups in total. The highest BCUT2D eigenvalue weighted by atomic mass is 16.6. The Kier molecular flexibility index (Phi) is 5.38. The highest BCUT2D eigenvalue weighted by Gasteiger charge is 2.23. The summed E-state index contributed by atoms with van der Waals surface area (Å²) in [6.07, 6.45) is 0.884. The van der Waals surface area contributed by atoms with Gasteiger partial charge in [-0.3, -0.25) is 10.1 Å². The molecule has 1 rings (SSSR count). The van der Waals surface area contributed by atoms with E-state index in [0.717, 1.165) is 6.42 Å². The van der Waals surface area contributed by atoms with E-state index < -0.39 is 4.92 Å². The van der Waals surface area contributed by atoms with Crippen molar-refractivity contribution in [2.24, 2.45) is 5.73 Å². The Morgan fingerprint density at radius 3 is 2.67 bits per heavy atom. The molecule has 0 saturated carbocycles. The number of benzene rings is 1. The van der Waals surface area contributed by atoms with Gasteiger partial charge in [0.25, 0.3) is 5.69 Å². The lowest BCUT2D eigenvalue weighted by Gasteiger charge is -2.25. The molecule has 6 heteroatoms. The van der Waals surface area contributed by atoms with Gasteiger partial charge in [-0.1, -0.05) is 13.0 Å². The summed E-state index contributed by atoms with van der Waals surface area (Å²) in [5.41, 5.74) is 6.13. The molecule has 0 bridgehead atoms. The minimum absolute atomic E-state index is 0.0521. The van der Waals surface area contributed by atoms with E-state index in [-0.39, 0.29) is 5.69 Å². The number of rotatable bonds is 7. The molecule has 0 unspecified atom stereocenters. The minimum atomic E-state index is -0.392. The van der Waals surface area contributed by atoms with Gasteiger partial charge in [-0.25, -0.2) is 0 Å². The van der Waals surface area contributed by atoms with Crippen molar-refractivity contribution in [3.05, 3.63) is 28.3 Å². The molecule has 1 aromatic rings. The summed E-state index contributed by atoms with van der Waals surface area (Å²) in [4.78, 5) is 12.6. The minimum Gasteiger partial charge on any atom is -0.494 e. The van der Waals surface area contributed by atoms with Gasteiger partial charge in [0.15, 0.2) is 5.69 Å². The summed E-state index contributed by atoms with van der Waals surface area (Å²) >= 11 is 0. The number of nitrogens with zero attached hydrogens (tertiary/aromatic N) is 2. The summed E-state index contributed by atoms with van der Waals surface area (Å²) in [6, 6.07) is 4.82. The first-order chi connectivity index (χ1) is 8.65. The number of methoxy groups -OCH3 is 1. The molecule has 0 fully saturated rings. The van der Waals surface area contributed by atoms with Crippen LogP contribution in [-0.4, -0.2) is 31.7 Å². The number of hydrogen-bond acceptors (Lipinski definition) is 5. The highest BCUT2D eigenvalue weighted by Crippen LogP contribution is 2.37. The maximum Gasteiger partial charge on any atom is 0.296 e. The SMILES string of the molecule is CCCN(CCN)c1c(OC)cccc1[N+](=O)[O-]. The van der Waals surface area contributed by atoms with Gasteiger partial charge in [-0.2, -0.15) is 0 Å². The van der Waals surface area contributed by atoms with Crippen LogP contribution < -0.4 is 15.4 Å². The lowest BCUT2D eigenvalue weighted by Crippen LogP contribution is -2.31. The van der Waals surface area contributed by atoms with Gasteiger partial charge in [0.05, 0.1) is 12.0 Å². The van der Waals surface area contributed by atoms with Gasteiger partial charge in [-0.05, 0) is 12.5 Å². The summed E-state index contributed by atoms with van der Waals surface area (Å²) in [7, 11) is 1.51. The Labute approximate surface area is 106 Å². The molecule has 0 spiro atoms. The van der Waals surface area contributed by atoms with Crippen molar-refractivity contribution in [1.82, 2.24) is 0 Å². The Balaban J connectivity index is 3.26. The van der Waals surface area contributed by atoms with Crippen molar-refractivity contribution in [2.45, 2.75) is 13.3 Å². The van der Waals surface area contributed by atoms with Gasteiger partial charge in [-0.15, -0.1) is 0 Å². The van der Waals surface area contributed by atoms with Gasteiger partial charge >= 0.3 is 0 Å². The number of nitrogens with two attached hydrogens (primary N) is 1. The van der Waals surface area contributed by atoms with Crippen molar-refractivity contribution < 1.29 is 9.66 Å². The molecule has 0 aliphatic carbocycles. The van der Waals surface area contributed by atoms with E-state index in [9.17, 15) is 10.1 Å². The second-order valence-corrected chi connectivity index (χ2v) is 3.86. The van der Waals surface area contributed by atoms with E-state index in [1.54, 1.807) is 12.1 Å². The molecule has 0 aliphatic heterocycles. The predicted octanol–water partition coefficient (Wildman–Crippen LogP) is 1.78. The Morgan fingerprint density at radius 2 is 2.17 bits per heavy atom. The lowest BCUT2D eigenvalue weighted by atomic mass is 10.2. The molecule has 0 heterocycles. The first kappa shape index (κ1) is 14.2. The third kappa shape index (κ3) is 3.10. The van der Waals surface area contributed by atoms with E-state index >= 15 is 0 Å². The van der Waals surface area contributed by atoms with Gasteiger partial charge < -0.3 is 15.4 Å². The van der Waals surface area contributed by atoms with Gasteiger partial charge in [0, 0.05) is 25.7 Å². The van der Waals surface area contributed by atoms with Crippen molar-refractivity contribution in [1.29, 1.82) is 0 Å². The molecule has 1 aromatic carbocycles. The highest BCUT2D eigenvalue weighted by molar-refractivity contribution is 5.71. The molecule has 0 aliphatic rings. The molecule has 100 valence electrons. The molecule has 0 amide bonds. The number of nitro benzene ring substituents is 1. The molecular formula is C12H19N3O3. The monoisotopic (exact) mass is 253 g/mol. The van der Waals surface area contributed by atoms with Crippen molar-refractivity contribution >= 4 is 11.4 Å². The molecule has 18 heavy (non-hydrogen) atoms. The fourth-order valence-corrected chi connectivity index (χ4v) is 1.90. The van der Waals surface area contributed by atoms with Crippen LogP contribution in [0.15, 0.2) is 18.2 Å². The topological polar surface area (TPSA) is 81.6 Å². The van der Waals surface area contributed by atoms with Crippen LogP contribution >= 0.6 is 0 Å². The molecule has 0 radical (unpaired) electrons. The number of ether oxygens (including phenoxy) is 1. The molecule has 0 saturated heterocycles. The van der Waals surface area contributed by atoms with E-state index in [2.05, 4.69) is 0 Å². The predicted molar refractivity (Wildman–Crippen MR) is 71.2 cm³/mol. The zero-order valence-electron chi connectivity index (χ0n) is 10.8. The molecule has 0 aromatic heterocycles. The van der Waals surface area contributed by atoms with Crippen LogP contribution in [0.3, 0.4) is 0 Å². The fraction of sp³-hybridized carbons (Fsp3) is 0.500. The van der Waals surface area contributed by atoms with Gasteiger partial charge in [0.1, 0.15) is 5.75 Å². The maximum absolute atomic E-state index is 11.1. The Hall–Kier alpha value is -1.82. The lowest BCUT2D eigenvalue weighted by molar-refractivity contribution is -0.384. The van der Waals surface area contributed by atoms with Crippen molar-refractivity contribution in [3.8, 4) is 5.75 Å². The first-order valence-corrected chi connectivity index (χ1v) is 5.92. The second kappa shape index (κ2) is 6.80. The zero-order chi connectivity index (χ0) is 13.5. The number of anilines is 1. The molecule has 0 atom stereocenters. The number of hydrogen-bond donors (Lipinski definition) is 1. The van der Waals surface area contributed by atoms with E-state index in [1.165, 1.54) is 13.2 Å². The average Bonchev–Trinajstić information content (AvgIpc) is 2.37. The third-order valence-electron chi connectivity index (χ3n) is 2.60. The van der Waals surface area contributed by atoms with E-state index in [1.807, 2.05) is 11.8 Å². The molecular weight excluding hydrogens is 234 g/mol. The van der Waals surface area contributed by atoms with Crippen LogP contribution in [0.4, 0.5) is 11.4 Å². The molecule has 6 nitrogen and oxygen atoms in total. The van der Waals surface area contributed by atoms with Crippen LogP contribution in [-0.2, 0) is 0 Å². The summed E-state index contributed by atoms with van der Waals surface area (Å²) in [5.74, 6) is 0.506.